The van der Waals surface area contributed by atoms with Crippen LogP contribution in [0.15, 0.2) is 34.0 Å². The monoisotopic (exact) mass is 346 g/mol. The molecule has 1 heterocycles. The van der Waals surface area contributed by atoms with E-state index in [0.717, 1.165) is 5.56 Å². The van der Waals surface area contributed by atoms with Gasteiger partial charge in [-0.2, -0.15) is 4.31 Å². The van der Waals surface area contributed by atoms with E-state index in [1.54, 1.807) is 17.6 Å². The van der Waals surface area contributed by atoms with Crippen molar-refractivity contribution in [2.75, 3.05) is 14.2 Å². The molecule has 0 saturated heterocycles. The fraction of sp³-hybridized carbons (Fsp3) is 0.308. The molecule has 5 nitrogen and oxygen atoms in total. The van der Waals surface area contributed by atoms with E-state index in [1.807, 2.05) is 5.38 Å². The molecular formula is C13H15ClN2O3S2. The summed E-state index contributed by atoms with van der Waals surface area (Å²) in [6.45, 7) is 0.215. The third-order valence-electron chi connectivity index (χ3n) is 2.94. The first kappa shape index (κ1) is 16.2. The van der Waals surface area contributed by atoms with Gasteiger partial charge in [-0.15, -0.1) is 22.9 Å². The van der Waals surface area contributed by atoms with Crippen LogP contribution < -0.4 is 4.74 Å². The number of nitrogens with zero attached hydrogens (tertiary/aromatic N) is 2. The lowest BCUT2D eigenvalue weighted by Crippen LogP contribution is -2.27. The Bertz CT molecular complexity index is 702. The van der Waals surface area contributed by atoms with Crippen molar-refractivity contribution in [2.45, 2.75) is 17.3 Å². The number of methoxy groups -OCH3 is 1. The second-order valence-electron chi connectivity index (χ2n) is 4.36. The highest BCUT2D eigenvalue weighted by Crippen LogP contribution is 2.28. The summed E-state index contributed by atoms with van der Waals surface area (Å²) in [6.07, 6.45) is 0. The summed E-state index contributed by atoms with van der Waals surface area (Å²) in [5.41, 5.74) is 3.18. The van der Waals surface area contributed by atoms with Gasteiger partial charge in [-0.3, -0.25) is 0 Å². The number of hydrogen-bond donors (Lipinski definition) is 0. The van der Waals surface area contributed by atoms with Gasteiger partial charge in [0.25, 0.3) is 0 Å². The molecule has 0 bridgehead atoms. The van der Waals surface area contributed by atoms with Gasteiger partial charge < -0.3 is 4.74 Å². The lowest BCUT2D eigenvalue weighted by Gasteiger charge is -2.18. The lowest BCUT2D eigenvalue weighted by molar-refractivity contribution is 0.397. The maximum absolute atomic E-state index is 12.6. The number of rotatable bonds is 6. The van der Waals surface area contributed by atoms with Crippen molar-refractivity contribution >= 4 is 33.0 Å². The zero-order valence-corrected chi connectivity index (χ0v) is 14.0. The van der Waals surface area contributed by atoms with Crippen LogP contribution in [0.5, 0.6) is 5.75 Å². The Balaban J connectivity index is 2.34. The molecule has 0 aliphatic rings. The second kappa shape index (κ2) is 6.74. The van der Waals surface area contributed by atoms with Gasteiger partial charge in [0.1, 0.15) is 10.6 Å². The van der Waals surface area contributed by atoms with Gasteiger partial charge in [-0.1, -0.05) is 6.07 Å². The van der Waals surface area contributed by atoms with Gasteiger partial charge in [0, 0.05) is 18.3 Å². The minimum atomic E-state index is -3.65. The quantitative estimate of drug-likeness (QED) is 0.754. The molecule has 8 heteroatoms. The maximum Gasteiger partial charge on any atom is 0.246 e. The highest BCUT2D eigenvalue weighted by atomic mass is 35.5. The molecule has 0 aliphatic heterocycles. The summed E-state index contributed by atoms with van der Waals surface area (Å²) in [6, 6.07) is 4.83. The Morgan fingerprint density at radius 3 is 2.76 bits per heavy atom. The predicted molar refractivity (Wildman–Crippen MR) is 83.3 cm³/mol. The third-order valence-corrected chi connectivity index (χ3v) is 5.73. The lowest BCUT2D eigenvalue weighted by atomic mass is 10.2. The second-order valence-corrected chi connectivity index (χ2v) is 7.36. The number of thiazole rings is 1. The number of alkyl halides is 1. The van der Waals surface area contributed by atoms with Crippen LogP contribution in [0.2, 0.25) is 0 Å². The number of halogens is 1. The number of sulfonamides is 1. The Labute approximate surface area is 133 Å². The minimum Gasteiger partial charge on any atom is -0.495 e. The van der Waals surface area contributed by atoms with E-state index in [-0.39, 0.29) is 11.4 Å². The van der Waals surface area contributed by atoms with Crippen LogP contribution in [0.4, 0.5) is 0 Å². The van der Waals surface area contributed by atoms with Crippen molar-refractivity contribution in [2.24, 2.45) is 0 Å². The highest BCUT2D eigenvalue weighted by molar-refractivity contribution is 7.89. The smallest absolute Gasteiger partial charge is 0.246 e. The summed E-state index contributed by atoms with van der Waals surface area (Å²) in [7, 11) is -0.698. The molecule has 0 unspecified atom stereocenters. The van der Waals surface area contributed by atoms with Crippen LogP contribution in [0.1, 0.15) is 11.3 Å². The molecule has 0 N–H and O–H groups in total. The zero-order chi connectivity index (χ0) is 15.5. The zero-order valence-electron chi connectivity index (χ0n) is 11.6. The van der Waals surface area contributed by atoms with Crippen molar-refractivity contribution in [1.82, 2.24) is 9.29 Å². The van der Waals surface area contributed by atoms with Crippen LogP contribution >= 0.6 is 22.9 Å². The van der Waals surface area contributed by atoms with Crippen molar-refractivity contribution in [3.05, 3.63) is 40.3 Å². The molecule has 0 atom stereocenters. The molecule has 1 aromatic carbocycles. The molecule has 0 spiro atoms. The Hall–Kier alpha value is -1.15. The summed E-state index contributed by atoms with van der Waals surface area (Å²) in [4.78, 5) is 4.22. The number of benzene rings is 1. The van der Waals surface area contributed by atoms with Gasteiger partial charge in [0.15, 0.2) is 0 Å². The van der Waals surface area contributed by atoms with E-state index in [9.17, 15) is 8.42 Å². The van der Waals surface area contributed by atoms with E-state index in [0.29, 0.717) is 17.3 Å². The maximum atomic E-state index is 12.6. The SMILES string of the molecule is COc1cc(CCl)ccc1S(=O)(=O)N(C)Cc1cscn1. The predicted octanol–water partition coefficient (Wildman–Crippen LogP) is 2.71. The Kier molecular flexibility index (Phi) is 5.21. The van der Waals surface area contributed by atoms with Crippen molar-refractivity contribution < 1.29 is 13.2 Å². The average Bonchev–Trinajstić information content (AvgIpc) is 2.99. The van der Waals surface area contributed by atoms with Crippen LogP contribution in [-0.4, -0.2) is 31.9 Å². The van der Waals surface area contributed by atoms with E-state index >= 15 is 0 Å². The molecule has 1 aromatic heterocycles. The van der Waals surface area contributed by atoms with Crippen LogP contribution in [0.3, 0.4) is 0 Å². The Morgan fingerprint density at radius 1 is 1.43 bits per heavy atom. The topological polar surface area (TPSA) is 59.5 Å². The van der Waals surface area contributed by atoms with Crippen LogP contribution in [-0.2, 0) is 22.4 Å². The van der Waals surface area contributed by atoms with Gasteiger partial charge in [0.2, 0.25) is 10.0 Å². The number of aromatic nitrogens is 1. The standard InChI is InChI=1S/C13H15ClN2O3S2/c1-16(7-11-8-20-9-15-11)21(17,18)13-4-3-10(6-14)5-12(13)19-2/h3-5,8-9H,6-7H2,1-2H3. The van der Waals surface area contributed by atoms with Crippen molar-refractivity contribution in [3.63, 3.8) is 0 Å². The molecule has 21 heavy (non-hydrogen) atoms. The number of hydrogen-bond acceptors (Lipinski definition) is 5. The highest BCUT2D eigenvalue weighted by Gasteiger charge is 2.25. The first-order valence-corrected chi connectivity index (χ1v) is 8.97. The first-order valence-electron chi connectivity index (χ1n) is 6.05. The van der Waals surface area contributed by atoms with Gasteiger partial charge >= 0.3 is 0 Å². The fourth-order valence-electron chi connectivity index (χ4n) is 1.80. The fourth-order valence-corrected chi connectivity index (χ4v) is 3.80. The van der Waals surface area contributed by atoms with Gasteiger partial charge in [-0.25, -0.2) is 13.4 Å². The van der Waals surface area contributed by atoms with E-state index in [2.05, 4.69) is 4.98 Å². The minimum absolute atomic E-state index is 0.122. The van der Waals surface area contributed by atoms with Crippen LogP contribution in [0.25, 0.3) is 0 Å². The molecule has 0 saturated carbocycles. The molecule has 0 aliphatic carbocycles. The summed E-state index contributed by atoms with van der Waals surface area (Å²) >= 11 is 7.19. The van der Waals surface area contributed by atoms with Crippen LogP contribution in [0, 0.1) is 0 Å². The largest absolute Gasteiger partial charge is 0.495 e. The third kappa shape index (κ3) is 3.55. The molecule has 2 aromatic rings. The molecule has 114 valence electrons. The normalized spacial score (nSPS) is 11.8. The molecule has 0 fully saturated rings. The summed E-state index contributed by atoms with van der Waals surface area (Å²) < 4.78 is 31.7. The van der Waals surface area contributed by atoms with E-state index in [1.165, 1.54) is 35.9 Å². The van der Waals surface area contributed by atoms with Crippen molar-refractivity contribution in [1.29, 1.82) is 0 Å². The van der Waals surface area contributed by atoms with Gasteiger partial charge in [0.05, 0.1) is 24.9 Å². The Morgan fingerprint density at radius 2 is 2.19 bits per heavy atom. The number of ether oxygens (including phenoxy) is 1. The van der Waals surface area contributed by atoms with Gasteiger partial charge in [-0.05, 0) is 17.7 Å². The van der Waals surface area contributed by atoms with E-state index in [4.69, 9.17) is 16.3 Å². The first-order chi connectivity index (χ1) is 9.98. The van der Waals surface area contributed by atoms with E-state index < -0.39 is 10.0 Å². The summed E-state index contributed by atoms with van der Waals surface area (Å²) in [5.74, 6) is 0.587. The summed E-state index contributed by atoms with van der Waals surface area (Å²) in [5, 5.41) is 1.82. The molecule has 0 amide bonds. The average molecular weight is 347 g/mol. The van der Waals surface area contributed by atoms with Crippen molar-refractivity contribution in [3.8, 4) is 5.75 Å². The molecule has 0 radical (unpaired) electrons. The molecular weight excluding hydrogens is 332 g/mol. The molecule has 2 rings (SSSR count).